The molecule has 19 heavy (non-hydrogen) atoms. The molecule has 1 atom stereocenters. The van der Waals surface area contributed by atoms with Gasteiger partial charge in [0.05, 0.1) is 16.1 Å². The first-order valence-corrected chi connectivity index (χ1v) is 7.32. The third kappa shape index (κ3) is 3.24. The quantitative estimate of drug-likeness (QED) is 0.583. The average molecular weight is 381 g/mol. The summed E-state index contributed by atoms with van der Waals surface area (Å²) >= 11 is 21.9. The first kappa shape index (κ1) is 15.1. The third-order valence-electron chi connectivity index (χ3n) is 2.73. The fourth-order valence-electron chi connectivity index (χ4n) is 1.83. The highest BCUT2D eigenvalue weighted by atomic mass is 79.9. The minimum Gasteiger partial charge on any atom is -0.271 e. The molecule has 0 aliphatic carbocycles. The Kier molecular flexibility index (Phi) is 5.12. The Morgan fingerprint density at radius 2 is 1.74 bits per heavy atom. The fourth-order valence-corrected chi connectivity index (χ4v) is 2.85. The van der Waals surface area contributed by atoms with Crippen molar-refractivity contribution in [2.24, 2.45) is 5.84 Å². The number of nitrogens with two attached hydrogens (primary N) is 1. The van der Waals surface area contributed by atoms with Crippen molar-refractivity contribution in [1.29, 1.82) is 0 Å². The summed E-state index contributed by atoms with van der Waals surface area (Å²) in [6, 6.07) is 10.6. The number of benzene rings is 2. The van der Waals surface area contributed by atoms with Gasteiger partial charge in [0.1, 0.15) is 0 Å². The maximum atomic E-state index is 6.23. The summed E-state index contributed by atoms with van der Waals surface area (Å²) in [5, 5.41) is 1.54. The van der Waals surface area contributed by atoms with E-state index in [4.69, 9.17) is 40.6 Å². The van der Waals surface area contributed by atoms with Crippen molar-refractivity contribution in [2.45, 2.75) is 6.04 Å². The SMILES string of the molecule is NNC(c1cc(Br)ccc1Cl)c1cccc(Cl)c1Cl. The Morgan fingerprint density at radius 1 is 1.00 bits per heavy atom. The average Bonchev–Trinajstić information content (AvgIpc) is 2.39. The van der Waals surface area contributed by atoms with Gasteiger partial charge in [-0.3, -0.25) is 5.84 Å². The van der Waals surface area contributed by atoms with E-state index < -0.39 is 0 Å². The lowest BCUT2D eigenvalue weighted by molar-refractivity contribution is 0.637. The van der Waals surface area contributed by atoms with E-state index in [0.717, 1.165) is 15.6 Å². The van der Waals surface area contributed by atoms with Gasteiger partial charge in [-0.2, -0.15) is 0 Å². The largest absolute Gasteiger partial charge is 0.271 e. The maximum absolute atomic E-state index is 6.23. The van der Waals surface area contributed by atoms with E-state index in [1.54, 1.807) is 12.1 Å². The molecular weight excluding hydrogens is 370 g/mol. The van der Waals surface area contributed by atoms with Gasteiger partial charge in [-0.1, -0.05) is 62.9 Å². The van der Waals surface area contributed by atoms with E-state index in [1.165, 1.54) is 0 Å². The second kappa shape index (κ2) is 6.44. The van der Waals surface area contributed by atoms with Gasteiger partial charge < -0.3 is 0 Å². The molecule has 2 aromatic carbocycles. The van der Waals surface area contributed by atoms with Gasteiger partial charge in [0, 0.05) is 9.50 Å². The Morgan fingerprint density at radius 3 is 2.42 bits per heavy atom. The molecule has 1 unspecified atom stereocenters. The van der Waals surface area contributed by atoms with Crippen molar-refractivity contribution < 1.29 is 0 Å². The van der Waals surface area contributed by atoms with E-state index in [2.05, 4.69) is 21.4 Å². The van der Waals surface area contributed by atoms with Crippen LogP contribution in [0.1, 0.15) is 17.2 Å². The van der Waals surface area contributed by atoms with Crippen molar-refractivity contribution in [3.63, 3.8) is 0 Å². The summed E-state index contributed by atoms with van der Waals surface area (Å²) < 4.78 is 0.908. The molecule has 0 radical (unpaired) electrons. The van der Waals surface area contributed by atoms with Crippen molar-refractivity contribution in [2.75, 3.05) is 0 Å². The van der Waals surface area contributed by atoms with Crippen LogP contribution in [-0.4, -0.2) is 0 Å². The van der Waals surface area contributed by atoms with Crippen LogP contribution in [0.2, 0.25) is 15.1 Å². The van der Waals surface area contributed by atoms with E-state index >= 15 is 0 Å². The van der Waals surface area contributed by atoms with Crippen LogP contribution < -0.4 is 11.3 Å². The van der Waals surface area contributed by atoms with Gasteiger partial charge in [-0.15, -0.1) is 0 Å². The van der Waals surface area contributed by atoms with E-state index in [-0.39, 0.29) is 6.04 Å². The molecule has 2 nitrogen and oxygen atoms in total. The normalized spacial score (nSPS) is 12.5. The zero-order chi connectivity index (χ0) is 14.0. The van der Waals surface area contributed by atoms with Crippen molar-refractivity contribution in [3.8, 4) is 0 Å². The second-order valence-electron chi connectivity index (χ2n) is 3.91. The molecule has 0 heterocycles. The van der Waals surface area contributed by atoms with Crippen LogP contribution in [0.4, 0.5) is 0 Å². The molecule has 100 valence electrons. The molecular formula is C13H10BrCl3N2. The summed E-state index contributed by atoms with van der Waals surface area (Å²) in [5.74, 6) is 5.65. The van der Waals surface area contributed by atoms with E-state index in [9.17, 15) is 0 Å². The highest BCUT2D eigenvalue weighted by Gasteiger charge is 2.19. The van der Waals surface area contributed by atoms with Gasteiger partial charge in [-0.05, 0) is 35.4 Å². The van der Waals surface area contributed by atoms with Gasteiger partial charge >= 0.3 is 0 Å². The molecule has 0 spiro atoms. The second-order valence-corrected chi connectivity index (χ2v) is 6.02. The van der Waals surface area contributed by atoms with Crippen LogP contribution in [0, 0.1) is 0 Å². The lowest BCUT2D eigenvalue weighted by Crippen LogP contribution is -2.29. The Bertz CT molecular complexity index is 602. The smallest absolute Gasteiger partial charge is 0.0739 e. The van der Waals surface area contributed by atoms with Crippen molar-refractivity contribution in [1.82, 2.24) is 5.43 Å². The lowest BCUT2D eigenvalue weighted by atomic mass is 9.99. The number of hydrazine groups is 1. The van der Waals surface area contributed by atoms with E-state index in [1.807, 2.05) is 24.3 Å². The molecule has 0 bridgehead atoms. The van der Waals surface area contributed by atoms with Gasteiger partial charge in [0.15, 0.2) is 0 Å². The van der Waals surface area contributed by atoms with Crippen LogP contribution in [0.3, 0.4) is 0 Å². The number of halogens is 4. The lowest BCUT2D eigenvalue weighted by Gasteiger charge is -2.20. The first-order chi connectivity index (χ1) is 9.04. The van der Waals surface area contributed by atoms with Crippen LogP contribution in [0.15, 0.2) is 40.9 Å². The summed E-state index contributed by atoms with van der Waals surface area (Å²) in [5.41, 5.74) is 4.32. The van der Waals surface area contributed by atoms with Gasteiger partial charge in [0.25, 0.3) is 0 Å². The predicted molar refractivity (Wildman–Crippen MR) is 84.8 cm³/mol. The molecule has 0 aliphatic rings. The molecule has 0 aliphatic heterocycles. The van der Waals surface area contributed by atoms with Crippen LogP contribution in [0.25, 0.3) is 0 Å². The molecule has 0 aromatic heterocycles. The first-order valence-electron chi connectivity index (χ1n) is 5.39. The summed E-state index contributed by atoms with van der Waals surface area (Å²) in [7, 11) is 0. The summed E-state index contributed by atoms with van der Waals surface area (Å²) in [6.45, 7) is 0. The van der Waals surface area contributed by atoms with Crippen LogP contribution >= 0.6 is 50.7 Å². The predicted octanol–water partition coefficient (Wildman–Crippen LogP) is 4.96. The topological polar surface area (TPSA) is 38.0 Å². The number of hydrogen-bond donors (Lipinski definition) is 2. The Balaban J connectivity index is 2.56. The minimum absolute atomic E-state index is 0.337. The highest BCUT2D eigenvalue weighted by molar-refractivity contribution is 9.10. The molecule has 6 heteroatoms. The van der Waals surface area contributed by atoms with E-state index in [0.29, 0.717) is 15.1 Å². The monoisotopic (exact) mass is 378 g/mol. The minimum atomic E-state index is -0.337. The summed E-state index contributed by atoms with van der Waals surface area (Å²) in [6.07, 6.45) is 0. The number of hydrogen-bond acceptors (Lipinski definition) is 2. The molecule has 0 amide bonds. The molecule has 0 saturated carbocycles. The van der Waals surface area contributed by atoms with Gasteiger partial charge in [-0.25, -0.2) is 5.43 Å². The number of rotatable bonds is 3. The van der Waals surface area contributed by atoms with Crippen LogP contribution in [0.5, 0.6) is 0 Å². The fraction of sp³-hybridized carbons (Fsp3) is 0.0769. The Labute approximate surface area is 134 Å². The standard InChI is InChI=1S/C13H10BrCl3N2/c14-7-4-5-10(15)9(6-7)13(19-18)8-2-1-3-11(16)12(8)17/h1-6,13,19H,18H2. The van der Waals surface area contributed by atoms with Crippen molar-refractivity contribution in [3.05, 3.63) is 67.1 Å². The van der Waals surface area contributed by atoms with Crippen LogP contribution in [-0.2, 0) is 0 Å². The van der Waals surface area contributed by atoms with Crippen molar-refractivity contribution >= 4 is 50.7 Å². The molecule has 2 aromatic rings. The van der Waals surface area contributed by atoms with Gasteiger partial charge in [0.2, 0.25) is 0 Å². The highest BCUT2D eigenvalue weighted by Crippen LogP contribution is 2.36. The zero-order valence-electron chi connectivity index (χ0n) is 9.63. The Hall–Kier alpha value is -0.290. The molecule has 0 fully saturated rings. The molecule has 2 rings (SSSR count). The maximum Gasteiger partial charge on any atom is 0.0739 e. The zero-order valence-corrected chi connectivity index (χ0v) is 13.5. The third-order valence-corrected chi connectivity index (χ3v) is 4.40. The summed E-state index contributed by atoms with van der Waals surface area (Å²) in [4.78, 5) is 0. The molecule has 3 N–H and O–H groups in total. The molecule has 0 saturated heterocycles. The number of nitrogens with one attached hydrogen (secondary N) is 1.